The molecule has 0 atom stereocenters. The van der Waals surface area contributed by atoms with E-state index in [-0.39, 0.29) is 5.91 Å². The monoisotopic (exact) mass is 305 g/mol. The summed E-state index contributed by atoms with van der Waals surface area (Å²) in [6.07, 6.45) is 4.72. The number of amides is 1. The molecule has 0 radical (unpaired) electrons. The zero-order chi connectivity index (χ0) is 13.9. The molecular weight excluding hydrogens is 298 g/mol. The van der Waals surface area contributed by atoms with Crippen LogP contribution >= 0.6 is 23.4 Å². The van der Waals surface area contributed by atoms with E-state index in [0.29, 0.717) is 26.7 Å². The van der Waals surface area contributed by atoms with E-state index in [1.807, 2.05) is 0 Å². The summed E-state index contributed by atoms with van der Waals surface area (Å²) in [6.45, 7) is 0. The van der Waals surface area contributed by atoms with Crippen LogP contribution in [0.4, 0.5) is 5.82 Å². The maximum absolute atomic E-state index is 11.8. The van der Waals surface area contributed by atoms with Crippen molar-refractivity contribution in [1.82, 2.24) is 10.3 Å². The first-order valence-electron chi connectivity index (χ1n) is 5.65. The summed E-state index contributed by atoms with van der Waals surface area (Å²) in [7, 11) is 0. The molecule has 1 aliphatic rings. The van der Waals surface area contributed by atoms with E-state index >= 15 is 0 Å². The number of furan rings is 1. The Bertz CT molecular complexity index is 693. The van der Waals surface area contributed by atoms with E-state index in [4.69, 9.17) is 16.0 Å². The molecule has 0 bridgehead atoms. The molecule has 7 heteroatoms. The SMILES string of the molecule is O=C1NC(=Nc2ccc(Cl)cn2)S/C1=C\c1ccco1. The second-order valence-corrected chi connectivity index (χ2v) is 5.30. The Labute approximate surface area is 123 Å². The van der Waals surface area contributed by atoms with Gasteiger partial charge in [-0.1, -0.05) is 11.6 Å². The molecule has 1 amide bonds. The predicted octanol–water partition coefficient (Wildman–Crippen LogP) is 3.22. The van der Waals surface area contributed by atoms with Crippen molar-refractivity contribution in [1.29, 1.82) is 0 Å². The third-order valence-electron chi connectivity index (χ3n) is 2.40. The van der Waals surface area contributed by atoms with E-state index in [0.717, 1.165) is 0 Å². The number of pyridine rings is 1. The number of halogens is 1. The van der Waals surface area contributed by atoms with Gasteiger partial charge >= 0.3 is 0 Å². The van der Waals surface area contributed by atoms with Crippen LogP contribution < -0.4 is 5.32 Å². The van der Waals surface area contributed by atoms with Crippen LogP contribution in [0.5, 0.6) is 0 Å². The highest BCUT2D eigenvalue weighted by molar-refractivity contribution is 8.18. The Morgan fingerprint density at radius 1 is 1.40 bits per heavy atom. The van der Waals surface area contributed by atoms with E-state index in [1.54, 1.807) is 36.6 Å². The van der Waals surface area contributed by atoms with Crippen molar-refractivity contribution in [3.05, 3.63) is 52.4 Å². The summed E-state index contributed by atoms with van der Waals surface area (Å²) in [4.78, 5) is 20.6. The number of rotatable bonds is 2. The summed E-state index contributed by atoms with van der Waals surface area (Å²) in [5.41, 5.74) is 0. The minimum absolute atomic E-state index is 0.209. The summed E-state index contributed by atoms with van der Waals surface area (Å²) in [5, 5.41) is 3.68. The zero-order valence-corrected chi connectivity index (χ0v) is 11.6. The molecular formula is C13H8ClN3O2S. The van der Waals surface area contributed by atoms with Gasteiger partial charge in [-0.05, 0) is 36.0 Å². The molecule has 3 heterocycles. The molecule has 0 spiro atoms. The first-order valence-corrected chi connectivity index (χ1v) is 6.85. The molecule has 100 valence electrons. The van der Waals surface area contributed by atoms with Crippen molar-refractivity contribution in [2.45, 2.75) is 0 Å². The molecule has 1 aliphatic heterocycles. The summed E-state index contributed by atoms with van der Waals surface area (Å²) in [5.74, 6) is 0.893. The quantitative estimate of drug-likeness (QED) is 0.865. The molecule has 0 aromatic carbocycles. The number of hydrogen-bond acceptors (Lipinski definition) is 5. The van der Waals surface area contributed by atoms with Gasteiger partial charge < -0.3 is 9.73 Å². The van der Waals surface area contributed by atoms with Crippen molar-refractivity contribution < 1.29 is 9.21 Å². The highest BCUT2D eigenvalue weighted by atomic mass is 35.5. The average Bonchev–Trinajstić information content (AvgIpc) is 3.04. The molecule has 0 saturated carbocycles. The number of nitrogens with one attached hydrogen (secondary N) is 1. The van der Waals surface area contributed by atoms with Crippen LogP contribution in [0.15, 0.2) is 51.0 Å². The van der Waals surface area contributed by atoms with Gasteiger partial charge in [-0.3, -0.25) is 4.79 Å². The van der Waals surface area contributed by atoms with Gasteiger partial charge in [-0.15, -0.1) is 0 Å². The number of carbonyl (C=O) groups excluding carboxylic acids is 1. The van der Waals surface area contributed by atoms with Gasteiger partial charge in [-0.2, -0.15) is 0 Å². The van der Waals surface area contributed by atoms with E-state index in [9.17, 15) is 4.79 Å². The van der Waals surface area contributed by atoms with Crippen LogP contribution in [0.25, 0.3) is 6.08 Å². The molecule has 20 heavy (non-hydrogen) atoms. The smallest absolute Gasteiger partial charge is 0.264 e. The largest absolute Gasteiger partial charge is 0.465 e. The number of carbonyl (C=O) groups is 1. The Balaban J connectivity index is 1.81. The van der Waals surface area contributed by atoms with Gasteiger partial charge in [0.05, 0.1) is 16.2 Å². The standard InChI is InChI=1S/C13H8ClN3O2S/c14-8-3-4-11(15-7-8)16-13-17-12(18)10(20-13)6-9-2-1-5-19-9/h1-7H,(H,15,16,17,18)/b10-6-. The third-order valence-corrected chi connectivity index (χ3v) is 3.53. The van der Waals surface area contributed by atoms with Crippen molar-refractivity contribution in [2.75, 3.05) is 0 Å². The van der Waals surface area contributed by atoms with E-state index < -0.39 is 0 Å². The van der Waals surface area contributed by atoms with Gasteiger partial charge in [0.15, 0.2) is 11.0 Å². The Morgan fingerprint density at radius 2 is 2.30 bits per heavy atom. The molecule has 1 N–H and O–H groups in total. The number of aliphatic imine (C=N–C) groups is 1. The number of thioether (sulfide) groups is 1. The van der Waals surface area contributed by atoms with Gasteiger partial charge in [0.25, 0.3) is 5.91 Å². The normalized spacial score (nSPS) is 18.8. The van der Waals surface area contributed by atoms with Crippen LogP contribution in [-0.2, 0) is 4.79 Å². The second kappa shape index (κ2) is 5.52. The lowest BCUT2D eigenvalue weighted by molar-refractivity contribution is -0.115. The highest BCUT2D eigenvalue weighted by Crippen LogP contribution is 2.27. The Morgan fingerprint density at radius 3 is 3.00 bits per heavy atom. The molecule has 1 fully saturated rings. The number of hydrogen-bond donors (Lipinski definition) is 1. The molecule has 3 rings (SSSR count). The second-order valence-electron chi connectivity index (χ2n) is 3.83. The maximum Gasteiger partial charge on any atom is 0.264 e. The van der Waals surface area contributed by atoms with E-state index in [1.165, 1.54) is 18.0 Å². The van der Waals surface area contributed by atoms with Crippen LogP contribution in [-0.4, -0.2) is 16.1 Å². The minimum atomic E-state index is -0.209. The zero-order valence-electron chi connectivity index (χ0n) is 10.0. The van der Waals surface area contributed by atoms with Crippen LogP contribution in [0.3, 0.4) is 0 Å². The van der Waals surface area contributed by atoms with Crippen molar-refractivity contribution >= 4 is 46.3 Å². The molecule has 0 unspecified atom stereocenters. The van der Waals surface area contributed by atoms with Gasteiger partial charge in [0.1, 0.15) is 5.76 Å². The first kappa shape index (κ1) is 13.0. The van der Waals surface area contributed by atoms with Crippen molar-refractivity contribution in [3.8, 4) is 0 Å². The van der Waals surface area contributed by atoms with E-state index in [2.05, 4.69) is 15.3 Å². The van der Waals surface area contributed by atoms with Gasteiger partial charge in [0.2, 0.25) is 0 Å². The molecule has 2 aromatic rings. The predicted molar refractivity (Wildman–Crippen MR) is 78.8 cm³/mol. The van der Waals surface area contributed by atoms with Gasteiger partial charge in [-0.25, -0.2) is 9.98 Å². The minimum Gasteiger partial charge on any atom is -0.465 e. The number of aromatic nitrogens is 1. The van der Waals surface area contributed by atoms with Gasteiger partial charge in [0, 0.05) is 12.3 Å². The molecule has 0 aliphatic carbocycles. The number of nitrogens with zero attached hydrogens (tertiary/aromatic N) is 2. The Kier molecular flexibility index (Phi) is 3.58. The summed E-state index contributed by atoms with van der Waals surface area (Å²) in [6, 6.07) is 6.90. The summed E-state index contributed by atoms with van der Waals surface area (Å²) < 4.78 is 5.17. The lowest BCUT2D eigenvalue weighted by atomic mass is 10.4. The Hall–Kier alpha value is -2.05. The lowest BCUT2D eigenvalue weighted by Crippen LogP contribution is -2.19. The first-order chi connectivity index (χ1) is 9.70. The third kappa shape index (κ3) is 2.92. The van der Waals surface area contributed by atoms with Crippen molar-refractivity contribution in [3.63, 3.8) is 0 Å². The van der Waals surface area contributed by atoms with Crippen molar-refractivity contribution in [2.24, 2.45) is 4.99 Å². The number of amidine groups is 1. The van der Waals surface area contributed by atoms with Crippen LogP contribution in [0.1, 0.15) is 5.76 Å². The highest BCUT2D eigenvalue weighted by Gasteiger charge is 2.24. The topological polar surface area (TPSA) is 67.5 Å². The molecule has 2 aromatic heterocycles. The van der Waals surface area contributed by atoms with Crippen LogP contribution in [0, 0.1) is 0 Å². The van der Waals surface area contributed by atoms with Crippen LogP contribution in [0.2, 0.25) is 5.02 Å². The summed E-state index contributed by atoms with van der Waals surface area (Å²) >= 11 is 6.98. The fourth-order valence-corrected chi connectivity index (χ4v) is 2.44. The fourth-order valence-electron chi connectivity index (χ4n) is 1.52. The fraction of sp³-hybridized carbons (Fsp3) is 0. The lowest BCUT2D eigenvalue weighted by Gasteiger charge is -1.95. The average molecular weight is 306 g/mol. The maximum atomic E-state index is 11.8. The molecule has 5 nitrogen and oxygen atoms in total. The molecule has 1 saturated heterocycles.